The van der Waals surface area contributed by atoms with Crippen LogP contribution in [-0.4, -0.2) is 58.9 Å². The Morgan fingerprint density at radius 1 is 1.12 bits per heavy atom. The maximum atomic E-state index is 12.0. The molecular formula is C20H30N2O3. The molecule has 0 radical (unpaired) electrons. The molecule has 0 bridgehead atoms. The smallest absolute Gasteiger partial charge is 0.249 e. The fraction of sp³-hybridized carbons (Fsp3) is 0.650. The van der Waals surface area contributed by atoms with Gasteiger partial charge in [0.05, 0.1) is 6.10 Å². The molecule has 0 aromatic heterocycles. The number of rotatable bonds is 8. The molecule has 1 heterocycles. The third kappa shape index (κ3) is 5.80. The monoisotopic (exact) mass is 346 g/mol. The van der Waals surface area contributed by atoms with Crippen LogP contribution in [-0.2, 0) is 11.2 Å². The van der Waals surface area contributed by atoms with E-state index in [-0.39, 0.29) is 17.9 Å². The van der Waals surface area contributed by atoms with E-state index in [2.05, 4.69) is 22.3 Å². The normalized spacial score (nSPS) is 21.7. The molecule has 25 heavy (non-hydrogen) atoms. The highest BCUT2D eigenvalue weighted by Gasteiger charge is 2.33. The quantitative estimate of drug-likeness (QED) is 0.664. The van der Waals surface area contributed by atoms with E-state index in [4.69, 9.17) is 0 Å². The van der Waals surface area contributed by atoms with E-state index in [9.17, 15) is 15.0 Å². The lowest BCUT2D eigenvalue weighted by molar-refractivity contribution is -0.133. The molecule has 1 aromatic carbocycles. The lowest BCUT2D eigenvalue weighted by Gasteiger charge is -2.34. The third-order valence-electron chi connectivity index (χ3n) is 5.35. The highest BCUT2D eigenvalue weighted by atomic mass is 16.3. The van der Waals surface area contributed by atoms with E-state index in [1.807, 2.05) is 18.2 Å². The molecular weight excluding hydrogens is 316 g/mol. The molecule has 0 unspecified atom stereocenters. The van der Waals surface area contributed by atoms with Crippen molar-refractivity contribution in [3.8, 4) is 0 Å². The van der Waals surface area contributed by atoms with Gasteiger partial charge in [-0.3, -0.25) is 4.79 Å². The number of likely N-dealkylation sites (tertiary alicyclic amines) is 1. The number of aryl methyl sites for hydroxylation is 1. The van der Waals surface area contributed by atoms with Gasteiger partial charge in [0.1, 0.15) is 6.10 Å². The third-order valence-corrected chi connectivity index (χ3v) is 5.35. The van der Waals surface area contributed by atoms with E-state index in [0.29, 0.717) is 12.6 Å². The van der Waals surface area contributed by atoms with Gasteiger partial charge >= 0.3 is 0 Å². The fourth-order valence-corrected chi connectivity index (χ4v) is 3.55. The van der Waals surface area contributed by atoms with Crippen molar-refractivity contribution in [3.05, 3.63) is 35.9 Å². The molecule has 1 aliphatic carbocycles. The van der Waals surface area contributed by atoms with Gasteiger partial charge in [-0.05, 0) is 63.1 Å². The van der Waals surface area contributed by atoms with Gasteiger partial charge in [-0.25, -0.2) is 0 Å². The molecule has 2 aliphatic rings. The van der Waals surface area contributed by atoms with Crippen molar-refractivity contribution in [2.24, 2.45) is 5.92 Å². The summed E-state index contributed by atoms with van der Waals surface area (Å²) in [5, 5.41) is 23.4. The van der Waals surface area contributed by atoms with E-state index < -0.39 is 6.10 Å². The molecule has 1 saturated heterocycles. The minimum Gasteiger partial charge on any atom is -0.392 e. The van der Waals surface area contributed by atoms with Crippen LogP contribution in [0.15, 0.2) is 30.3 Å². The Labute approximate surface area is 150 Å². The summed E-state index contributed by atoms with van der Waals surface area (Å²) in [6.07, 6.45) is 4.13. The summed E-state index contributed by atoms with van der Waals surface area (Å²) in [4.78, 5) is 14.2. The number of aliphatic hydroxyl groups excluding tert-OH is 2. The first-order valence-corrected chi connectivity index (χ1v) is 9.54. The molecule has 138 valence electrons. The Morgan fingerprint density at radius 3 is 2.44 bits per heavy atom. The van der Waals surface area contributed by atoms with E-state index in [1.54, 1.807) is 0 Å². The van der Waals surface area contributed by atoms with Crippen molar-refractivity contribution >= 4 is 5.91 Å². The summed E-state index contributed by atoms with van der Waals surface area (Å²) in [5.41, 5.74) is 1.25. The topological polar surface area (TPSA) is 72.8 Å². The van der Waals surface area contributed by atoms with Crippen molar-refractivity contribution in [2.75, 3.05) is 19.6 Å². The van der Waals surface area contributed by atoms with Crippen LogP contribution in [0.1, 0.15) is 37.7 Å². The average molecular weight is 346 g/mol. The van der Waals surface area contributed by atoms with Crippen LogP contribution in [0.2, 0.25) is 0 Å². The van der Waals surface area contributed by atoms with Gasteiger partial charge in [0.2, 0.25) is 5.91 Å². The summed E-state index contributed by atoms with van der Waals surface area (Å²) in [6.45, 7) is 2.34. The second-order valence-electron chi connectivity index (χ2n) is 7.54. The fourth-order valence-electron chi connectivity index (χ4n) is 3.55. The van der Waals surface area contributed by atoms with Gasteiger partial charge < -0.3 is 20.4 Å². The average Bonchev–Trinajstić information content (AvgIpc) is 3.45. The number of carbonyl (C=O) groups is 1. The van der Waals surface area contributed by atoms with Crippen LogP contribution in [0.4, 0.5) is 0 Å². The Morgan fingerprint density at radius 2 is 1.80 bits per heavy atom. The largest absolute Gasteiger partial charge is 0.392 e. The van der Waals surface area contributed by atoms with Gasteiger partial charge in [0, 0.05) is 12.6 Å². The Bertz CT molecular complexity index is 539. The van der Waals surface area contributed by atoms with Gasteiger partial charge in [-0.1, -0.05) is 30.3 Å². The van der Waals surface area contributed by atoms with Crippen LogP contribution in [0.5, 0.6) is 0 Å². The predicted molar refractivity (Wildman–Crippen MR) is 97.1 cm³/mol. The predicted octanol–water partition coefficient (Wildman–Crippen LogP) is 1.33. The molecule has 3 N–H and O–H groups in total. The molecule has 0 spiro atoms. The SMILES string of the molecule is O=C(NC1CC1)[C@H](O)C1CCN(C[C@H](O)CCc2ccccc2)CC1. The number of nitrogens with one attached hydrogen (secondary N) is 1. The Hall–Kier alpha value is -1.43. The molecule has 2 fully saturated rings. The van der Waals surface area contributed by atoms with Crippen molar-refractivity contribution < 1.29 is 15.0 Å². The number of β-amino-alcohol motifs (C(OH)–C–C–N with tert-alkyl or cyclic N) is 1. The van der Waals surface area contributed by atoms with Gasteiger partial charge in [0.25, 0.3) is 0 Å². The number of aliphatic hydroxyl groups is 2. The number of hydrogen-bond acceptors (Lipinski definition) is 4. The number of hydrogen-bond donors (Lipinski definition) is 3. The summed E-state index contributed by atoms with van der Waals surface area (Å²) < 4.78 is 0. The Balaban J connectivity index is 1.34. The Kier molecular flexibility index (Phi) is 6.45. The molecule has 5 heteroatoms. The zero-order chi connectivity index (χ0) is 17.6. The molecule has 1 saturated carbocycles. The number of nitrogens with zero attached hydrogens (tertiary/aromatic N) is 1. The molecule has 3 rings (SSSR count). The highest BCUT2D eigenvalue weighted by molar-refractivity contribution is 5.81. The minimum atomic E-state index is -0.884. The molecule has 1 amide bonds. The first kappa shape index (κ1) is 18.4. The molecule has 1 aromatic rings. The minimum absolute atomic E-state index is 0.0384. The zero-order valence-electron chi connectivity index (χ0n) is 14.8. The van der Waals surface area contributed by atoms with Crippen LogP contribution >= 0.6 is 0 Å². The summed E-state index contributed by atoms with van der Waals surface area (Å²) in [5.74, 6) is -0.166. The van der Waals surface area contributed by atoms with Crippen molar-refractivity contribution in [2.45, 2.75) is 56.8 Å². The van der Waals surface area contributed by atoms with E-state index >= 15 is 0 Å². The molecule has 1 aliphatic heterocycles. The number of carbonyl (C=O) groups excluding carboxylic acids is 1. The van der Waals surface area contributed by atoms with Crippen LogP contribution in [0.25, 0.3) is 0 Å². The van der Waals surface area contributed by atoms with Crippen LogP contribution in [0.3, 0.4) is 0 Å². The van der Waals surface area contributed by atoms with Crippen molar-refractivity contribution in [1.29, 1.82) is 0 Å². The van der Waals surface area contributed by atoms with Crippen molar-refractivity contribution in [1.82, 2.24) is 10.2 Å². The summed E-state index contributed by atoms with van der Waals surface area (Å²) in [6, 6.07) is 10.5. The summed E-state index contributed by atoms with van der Waals surface area (Å²) in [7, 11) is 0. The second kappa shape index (κ2) is 8.79. The highest BCUT2D eigenvalue weighted by Crippen LogP contribution is 2.23. The van der Waals surface area contributed by atoms with Crippen molar-refractivity contribution in [3.63, 3.8) is 0 Å². The lowest BCUT2D eigenvalue weighted by Crippen LogP contribution is -2.46. The van der Waals surface area contributed by atoms with Gasteiger partial charge in [-0.15, -0.1) is 0 Å². The number of piperidine rings is 1. The first-order valence-electron chi connectivity index (χ1n) is 9.54. The molecule has 5 nitrogen and oxygen atoms in total. The summed E-state index contributed by atoms with van der Waals surface area (Å²) >= 11 is 0. The lowest BCUT2D eigenvalue weighted by atomic mass is 9.90. The number of amides is 1. The van der Waals surface area contributed by atoms with Crippen LogP contribution < -0.4 is 5.32 Å². The van der Waals surface area contributed by atoms with Crippen LogP contribution in [0, 0.1) is 5.92 Å². The molecule has 2 atom stereocenters. The van der Waals surface area contributed by atoms with E-state index in [1.165, 1.54) is 5.56 Å². The standard InChI is InChI=1S/C20H30N2O3/c23-18(9-6-15-4-2-1-3-5-15)14-22-12-10-16(11-13-22)19(24)20(25)21-17-7-8-17/h1-5,16-19,23-24H,6-14H2,(H,21,25)/t18-,19-/m1/s1. The number of benzene rings is 1. The maximum absolute atomic E-state index is 12.0. The van der Waals surface area contributed by atoms with Gasteiger partial charge in [-0.2, -0.15) is 0 Å². The maximum Gasteiger partial charge on any atom is 0.249 e. The zero-order valence-corrected chi connectivity index (χ0v) is 14.8. The van der Waals surface area contributed by atoms with E-state index in [0.717, 1.165) is 51.6 Å². The first-order chi connectivity index (χ1) is 12.1. The van der Waals surface area contributed by atoms with Gasteiger partial charge in [0.15, 0.2) is 0 Å². The second-order valence-corrected chi connectivity index (χ2v) is 7.54.